The van der Waals surface area contributed by atoms with Gasteiger partial charge in [0, 0.05) is 23.0 Å². The third-order valence-corrected chi connectivity index (χ3v) is 10.8. The standard InChI is InChI=1S/C6H14O6S4.C4H10O6S4/c7-15(8,9)5-1-3-13-14-4-2-6-16(10,11)12;5-13(6,7)3-1-11-12-2-4-14(8,9)10/h1-6H2,(H,7,8,9)(H,10,11,12);1-4H2,(H,5,6,7)(H,8,9,10). The Labute approximate surface area is 193 Å². The van der Waals surface area contributed by atoms with Crippen LogP contribution < -0.4 is 0 Å². The molecule has 0 saturated heterocycles. The summed E-state index contributed by atoms with van der Waals surface area (Å²) in [4.78, 5) is 0. The highest BCUT2D eigenvalue weighted by Crippen LogP contribution is 2.23. The van der Waals surface area contributed by atoms with Gasteiger partial charge in [0.1, 0.15) is 0 Å². The molecule has 0 amide bonds. The highest BCUT2D eigenvalue weighted by Gasteiger charge is 2.07. The van der Waals surface area contributed by atoms with E-state index in [2.05, 4.69) is 0 Å². The molecule has 0 atom stereocenters. The summed E-state index contributed by atoms with van der Waals surface area (Å²) in [5.41, 5.74) is 0. The lowest BCUT2D eigenvalue weighted by molar-refractivity contribution is 0.480. The third kappa shape index (κ3) is 36.4. The SMILES string of the molecule is O=S(=O)(O)CCCSSCCCS(=O)(=O)O.O=S(=O)(O)CCSSCCS(=O)(=O)O. The molecule has 0 radical (unpaired) electrons. The van der Waals surface area contributed by atoms with Crippen molar-refractivity contribution in [2.45, 2.75) is 12.8 Å². The molecule has 0 unspecified atom stereocenters. The van der Waals surface area contributed by atoms with Crippen molar-refractivity contribution in [2.24, 2.45) is 0 Å². The zero-order valence-electron chi connectivity index (χ0n) is 15.4. The van der Waals surface area contributed by atoms with E-state index in [0.29, 0.717) is 24.3 Å². The summed E-state index contributed by atoms with van der Waals surface area (Å²) in [7, 11) is -10.6. The molecule has 0 saturated carbocycles. The molecule has 0 aliphatic heterocycles. The Hall–Kier alpha value is 1.04. The lowest BCUT2D eigenvalue weighted by Gasteiger charge is -2.00. The minimum absolute atomic E-state index is 0.176. The van der Waals surface area contributed by atoms with Gasteiger partial charge in [0.25, 0.3) is 40.5 Å². The van der Waals surface area contributed by atoms with Crippen LogP contribution in [0, 0.1) is 0 Å². The largest absolute Gasteiger partial charge is 0.286 e. The van der Waals surface area contributed by atoms with Crippen LogP contribution >= 0.6 is 43.2 Å². The average molecular weight is 593 g/mol. The van der Waals surface area contributed by atoms with Crippen LogP contribution in [0.4, 0.5) is 0 Å². The topological polar surface area (TPSA) is 217 Å². The van der Waals surface area contributed by atoms with Gasteiger partial charge < -0.3 is 0 Å². The van der Waals surface area contributed by atoms with Gasteiger partial charge in [-0.05, 0) is 12.8 Å². The molecule has 0 aromatic heterocycles. The van der Waals surface area contributed by atoms with Crippen LogP contribution in [0.1, 0.15) is 12.8 Å². The molecule has 20 heteroatoms. The lowest BCUT2D eigenvalue weighted by Crippen LogP contribution is -2.07. The lowest BCUT2D eigenvalue weighted by atomic mass is 10.6. The van der Waals surface area contributed by atoms with Crippen LogP contribution in [-0.4, -0.2) is 97.9 Å². The van der Waals surface area contributed by atoms with Crippen molar-refractivity contribution in [3.63, 3.8) is 0 Å². The van der Waals surface area contributed by atoms with Gasteiger partial charge in [0.05, 0.1) is 23.0 Å². The average Bonchev–Trinajstić information content (AvgIpc) is 2.50. The van der Waals surface area contributed by atoms with Crippen molar-refractivity contribution in [3.8, 4) is 0 Å². The van der Waals surface area contributed by atoms with Crippen LogP contribution in [0.5, 0.6) is 0 Å². The summed E-state index contributed by atoms with van der Waals surface area (Å²) in [6.07, 6.45) is 0.712. The zero-order valence-corrected chi connectivity index (χ0v) is 21.9. The van der Waals surface area contributed by atoms with Gasteiger partial charge in [0.2, 0.25) is 0 Å². The first-order chi connectivity index (χ1) is 13.4. The maximum atomic E-state index is 10.3. The Morgan fingerprint density at radius 3 is 0.867 bits per heavy atom. The molecule has 184 valence electrons. The van der Waals surface area contributed by atoms with Crippen LogP contribution in [0.15, 0.2) is 0 Å². The van der Waals surface area contributed by atoms with Crippen molar-refractivity contribution >= 4 is 83.6 Å². The minimum Gasteiger partial charge on any atom is -0.286 e. The van der Waals surface area contributed by atoms with E-state index in [0.717, 1.165) is 21.6 Å². The molecule has 30 heavy (non-hydrogen) atoms. The Kier molecular flexibility index (Phi) is 18.4. The van der Waals surface area contributed by atoms with Gasteiger partial charge in [-0.15, -0.1) is 0 Å². The quantitative estimate of drug-likeness (QED) is 0.112. The smallest absolute Gasteiger partial charge is 0.265 e. The van der Waals surface area contributed by atoms with E-state index in [1.54, 1.807) is 0 Å². The highest BCUT2D eigenvalue weighted by atomic mass is 33.1. The summed E-state index contributed by atoms with van der Waals surface area (Å²) < 4.78 is 116. The van der Waals surface area contributed by atoms with E-state index < -0.39 is 40.5 Å². The molecule has 0 aliphatic carbocycles. The van der Waals surface area contributed by atoms with Crippen LogP contribution in [0.2, 0.25) is 0 Å². The monoisotopic (exact) mass is 592 g/mol. The molecule has 4 N–H and O–H groups in total. The molecule has 0 aliphatic rings. The molecular weight excluding hydrogens is 569 g/mol. The third-order valence-electron chi connectivity index (χ3n) is 2.28. The molecule has 0 aromatic carbocycles. The summed E-state index contributed by atoms with van der Waals surface area (Å²) in [6, 6.07) is 0. The molecular formula is C10H24O12S8. The molecule has 0 fully saturated rings. The van der Waals surface area contributed by atoms with Gasteiger partial charge in [0.15, 0.2) is 0 Å². The fraction of sp³-hybridized carbons (Fsp3) is 1.00. The van der Waals surface area contributed by atoms with Gasteiger partial charge in [-0.3, -0.25) is 18.2 Å². The fourth-order valence-corrected chi connectivity index (χ4v) is 9.07. The summed E-state index contributed by atoms with van der Waals surface area (Å²) in [5, 5.41) is 0. The van der Waals surface area contributed by atoms with Crippen molar-refractivity contribution in [1.29, 1.82) is 0 Å². The Morgan fingerprint density at radius 2 is 0.633 bits per heavy atom. The first-order valence-electron chi connectivity index (χ1n) is 7.71. The normalized spacial score (nSPS) is 12.9. The minimum atomic E-state index is -3.94. The van der Waals surface area contributed by atoms with Crippen molar-refractivity contribution < 1.29 is 51.9 Å². The second-order valence-corrected chi connectivity index (χ2v) is 16.8. The van der Waals surface area contributed by atoms with Crippen molar-refractivity contribution in [2.75, 3.05) is 46.0 Å². The van der Waals surface area contributed by atoms with Crippen LogP contribution in [0.25, 0.3) is 0 Å². The van der Waals surface area contributed by atoms with Crippen LogP contribution in [-0.2, 0) is 40.5 Å². The first kappa shape index (κ1) is 33.2. The molecule has 0 heterocycles. The number of hydrogen-bond donors (Lipinski definition) is 4. The van der Waals surface area contributed by atoms with E-state index >= 15 is 0 Å². The molecule has 12 nitrogen and oxygen atoms in total. The van der Waals surface area contributed by atoms with Gasteiger partial charge >= 0.3 is 0 Å². The second kappa shape index (κ2) is 16.6. The van der Waals surface area contributed by atoms with Crippen molar-refractivity contribution in [1.82, 2.24) is 0 Å². The predicted molar refractivity (Wildman–Crippen MR) is 125 cm³/mol. The molecule has 0 aromatic rings. The van der Waals surface area contributed by atoms with E-state index in [1.165, 1.54) is 21.6 Å². The summed E-state index contributed by atoms with van der Waals surface area (Å²) in [5.74, 6) is 0.237. The Bertz CT molecular complexity index is 788. The van der Waals surface area contributed by atoms with E-state index in [-0.39, 0.29) is 34.5 Å². The van der Waals surface area contributed by atoms with Crippen LogP contribution in [0.3, 0.4) is 0 Å². The summed E-state index contributed by atoms with van der Waals surface area (Å²) >= 11 is 0. The number of rotatable bonds is 16. The van der Waals surface area contributed by atoms with E-state index in [9.17, 15) is 33.7 Å². The molecule has 0 bridgehead atoms. The number of hydrogen-bond acceptors (Lipinski definition) is 12. The van der Waals surface area contributed by atoms with Gasteiger partial charge in [-0.1, -0.05) is 43.2 Å². The summed E-state index contributed by atoms with van der Waals surface area (Å²) in [6.45, 7) is 0. The zero-order chi connectivity index (χ0) is 23.9. The first-order valence-corrected chi connectivity index (χ1v) is 19.1. The maximum absolute atomic E-state index is 10.3. The molecule has 0 spiro atoms. The van der Waals surface area contributed by atoms with Crippen molar-refractivity contribution in [3.05, 3.63) is 0 Å². The Morgan fingerprint density at radius 1 is 0.400 bits per heavy atom. The highest BCUT2D eigenvalue weighted by molar-refractivity contribution is 8.77. The molecule has 0 rings (SSSR count). The van der Waals surface area contributed by atoms with Gasteiger partial charge in [-0.2, -0.15) is 33.7 Å². The second-order valence-electron chi connectivity index (χ2n) is 5.14. The Balaban J connectivity index is 0. The predicted octanol–water partition coefficient (Wildman–Crippen LogP) is 1.07. The van der Waals surface area contributed by atoms with Gasteiger partial charge in [-0.25, -0.2) is 0 Å². The van der Waals surface area contributed by atoms with E-state index in [4.69, 9.17) is 18.2 Å². The fourth-order valence-electron chi connectivity index (χ4n) is 1.11. The maximum Gasteiger partial charge on any atom is 0.265 e. The van der Waals surface area contributed by atoms with E-state index in [1.807, 2.05) is 0 Å².